The highest BCUT2D eigenvalue weighted by molar-refractivity contribution is 5.92. The molecule has 2 heterocycles. The van der Waals surface area contributed by atoms with Gasteiger partial charge >= 0.3 is 6.09 Å². The fourth-order valence-electron chi connectivity index (χ4n) is 4.67. The molecule has 3 rings (SSSR count). The third kappa shape index (κ3) is 4.59. The first-order valence-electron chi connectivity index (χ1n) is 10.7. The predicted molar refractivity (Wildman–Crippen MR) is 110 cm³/mol. The molecule has 0 saturated carbocycles. The van der Waals surface area contributed by atoms with Crippen LogP contribution in [0.15, 0.2) is 24.3 Å². The van der Waals surface area contributed by atoms with Crippen LogP contribution in [-0.2, 0) is 9.59 Å². The van der Waals surface area contributed by atoms with Gasteiger partial charge in [0, 0.05) is 19.6 Å². The lowest BCUT2D eigenvalue weighted by Crippen LogP contribution is -2.60. The van der Waals surface area contributed by atoms with Crippen molar-refractivity contribution in [3.05, 3.63) is 35.4 Å². The van der Waals surface area contributed by atoms with E-state index in [1.165, 1.54) is 11.1 Å². The van der Waals surface area contributed by atoms with Gasteiger partial charge in [-0.05, 0) is 48.6 Å². The summed E-state index contributed by atoms with van der Waals surface area (Å²) in [4.78, 5) is 39.8. The second-order valence-electron chi connectivity index (χ2n) is 8.57. The van der Waals surface area contributed by atoms with E-state index < -0.39 is 24.0 Å². The quantitative estimate of drug-likeness (QED) is 0.515. The molecule has 8 heteroatoms. The molecule has 8 nitrogen and oxygen atoms in total. The standard InChI is InChI=1S/C22H31N3O5/c1-14(2)16-5-3-6-17(13-16)15-8-11-24(12-9-15)21(27)19-18(20(26)23-30)7-4-10-25(19)22(28)29/h3,5-6,13-15,18-19,30H,4,7-12H2,1-2H3,(H,23,26)(H,28,29). The van der Waals surface area contributed by atoms with Crippen LogP contribution in [-0.4, -0.2) is 63.7 Å². The molecule has 2 aliphatic heterocycles. The van der Waals surface area contributed by atoms with E-state index in [4.69, 9.17) is 5.21 Å². The van der Waals surface area contributed by atoms with Crippen LogP contribution in [0.1, 0.15) is 62.5 Å². The van der Waals surface area contributed by atoms with Crippen LogP contribution in [0.4, 0.5) is 4.79 Å². The van der Waals surface area contributed by atoms with Gasteiger partial charge < -0.3 is 10.0 Å². The molecular weight excluding hydrogens is 386 g/mol. The molecule has 1 aromatic rings. The number of carbonyl (C=O) groups excluding carboxylic acids is 2. The van der Waals surface area contributed by atoms with E-state index in [0.29, 0.717) is 37.8 Å². The molecule has 2 unspecified atom stereocenters. The van der Waals surface area contributed by atoms with Crippen LogP contribution in [0.5, 0.6) is 0 Å². The van der Waals surface area contributed by atoms with Crippen LogP contribution < -0.4 is 5.48 Å². The van der Waals surface area contributed by atoms with Crippen molar-refractivity contribution in [3.8, 4) is 0 Å². The highest BCUT2D eigenvalue weighted by Crippen LogP contribution is 2.32. The Morgan fingerprint density at radius 2 is 1.80 bits per heavy atom. The second kappa shape index (κ2) is 9.47. The maximum Gasteiger partial charge on any atom is 0.408 e. The first-order valence-corrected chi connectivity index (χ1v) is 10.7. The summed E-state index contributed by atoms with van der Waals surface area (Å²) in [5.74, 6) is -1.13. The maximum atomic E-state index is 13.2. The van der Waals surface area contributed by atoms with Gasteiger partial charge in [0.05, 0.1) is 5.92 Å². The van der Waals surface area contributed by atoms with Gasteiger partial charge in [0.2, 0.25) is 11.8 Å². The van der Waals surface area contributed by atoms with Crippen molar-refractivity contribution in [2.45, 2.75) is 57.4 Å². The number of carboxylic acid groups (broad SMARTS) is 1. The normalized spacial score (nSPS) is 22.8. The fraction of sp³-hybridized carbons (Fsp3) is 0.591. The summed E-state index contributed by atoms with van der Waals surface area (Å²) >= 11 is 0. The third-order valence-electron chi connectivity index (χ3n) is 6.43. The van der Waals surface area contributed by atoms with Gasteiger partial charge in [-0.3, -0.25) is 19.7 Å². The smallest absolute Gasteiger partial charge is 0.408 e. The summed E-state index contributed by atoms with van der Waals surface area (Å²) in [5.41, 5.74) is 4.16. The number of likely N-dealkylation sites (tertiary alicyclic amines) is 2. The van der Waals surface area contributed by atoms with Crippen molar-refractivity contribution < 1.29 is 24.7 Å². The van der Waals surface area contributed by atoms with E-state index in [0.717, 1.165) is 17.7 Å². The van der Waals surface area contributed by atoms with E-state index in [-0.39, 0.29) is 12.5 Å². The minimum Gasteiger partial charge on any atom is -0.465 e. The Balaban J connectivity index is 1.71. The van der Waals surface area contributed by atoms with E-state index >= 15 is 0 Å². The number of rotatable bonds is 4. The fourth-order valence-corrected chi connectivity index (χ4v) is 4.67. The van der Waals surface area contributed by atoms with Crippen LogP contribution in [0.25, 0.3) is 0 Å². The molecule has 3 N–H and O–H groups in total. The van der Waals surface area contributed by atoms with E-state index in [2.05, 4.69) is 38.1 Å². The molecule has 0 aromatic heterocycles. The minimum absolute atomic E-state index is 0.208. The highest BCUT2D eigenvalue weighted by atomic mass is 16.5. The molecule has 30 heavy (non-hydrogen) atoms. The SMILES string of the molecule is CC(C)c1cccc(C2CCN(C(=O)C3C(C(=O)NO)CCCN3C(=O)O)CC2)c1. The van der Waals surface area contributed by atoms with Crippen molar-refractivity contribution in [1.82, 2.24) is 15.3 Å². The number of hydrogen-bond donors (Lipinski definition) is 3. The van der Waals surface area contributed by atoms with E-state index in [9.17, 15) is 19.5 Å². The number of hydrogen-bond acceptors (Lipinski definition) is 4. The molecule has 0 bridgehead atoms. The highest BCUT2D eigenvalue weighted by Gasteiger charge is 2.45. The zero-order valence-corrected chi connectivity index (χ0v) is 17.6. The molecule has 2 atom stereocenters. The Hall–Kier alpha value is -2.61. The van der Waals surface area contributed by atoms with Crippen LogP contribution >= 0.6 is 0 Å². The number of nitrogens with zero attached hydrogens (tertiary/aromatic N) is 2. The van der Waals surface area contributed by atoms with Crippen LogP contribution in [0.2, 0.25) is 0 Å². The summed E-state index contributed by atoms with van der Waals surface area (Å²) in [6.45, 7) is 5.58. The van der Waals surface area contributed by atoms with E-state index in [1.54, 1.807) is 10.4 Å². The summed E-state index contributed by atoms with van der Waals surface area (Å²) < 4.78 is 0. The van der Waals surface area contributed by atoms with E-state index in [1.807, 2.05) is 0 Å². The molecule has 2 fully saturated rings. The van der Waals surface area contributed by atoms with Crippen LogP contribution in [0, 0.1) is 5.92 Å². The molecule has 0 spiro atoms. The molecule has 164 valence electrons. The summed E-state index contributed by atoms with van der Waals surface area (Å²) in [6, 6.07) is 7.48. The van der Waals surface area contributed by atoms with Gasteiger partial charge in [-0.2, -0.15) is 0 Å². The number of nitrogens with one attached hydrogen (secondary N) is 1. The zero-order valence-electron chi connectivity index (χ0n) is 17.6. The van der Waals surface area contributed by atoms with Gasteiger partial charge in [-0.1, -0.05) is 38.1 Å². The first kappa shape index (κ1) is 22.1. The Morgan fingerprint density at radius 1 is 1.10 bits per heavy atom. The number of benzene rings is 1. The molecule has 0 aliphatic carbocycles. The van der Waals surface area contributed by atoms with Gasteiger partial charge in [0.15, 0.2) is 0 Å². The minimum atomic E-state index is -1.22. The number of hydroxylamine groups is 1. The largest absolute Gasteiger partial charge is 0.465 e. The van der Waals surface area contributed by atoms with Crippen molar-refractivity contribution in [2.75, 3.05) is 19.6 Å². The van der Waals surface area contributed by atoms with Crippen molar-refractivity contribution >= 4 is 17.9 Å². The Kier molecular flexibility index (Phi) is 6.97. The lowest BCUT2D eigenvalue weighted by Gasteiger charge is -2.41. The lowest BCUT2D eigenvalue weighted by atomic mass is 9.85. The van der Waals surface area contributed by atoms with Crippen molar-refractivity contribution in [1.29, 1.82) is 0 Å². The zero-order chi connectivity index (χ0) is 21.8. The van der Waals surface area contributed by atoms with Gasteiger partial charge in [-0.25, -0.2) is 10.3 Å². The molecule has 3 amide bonds. The number of amides is 3. The average Bonchev–Trinajstić information content (AvgIpc) is 2.77. The maximum absolute atomic E-state index is 13.2. The Bertz CT molecular complexity index is 789. The average molecular weight is 418 g/mol. The van der Waals surface area contributed by atoms with Gasteiger partial charge in [-0.15, -0.1) is 0 Å². The predicted octanol–water partition coefficient (Wildman–Crippen LogP) is 2.78. The third-order valence-corrected chi connectivity index (χ3v) is 6.43. The molecule has 2 saturated heterocycles. The van der Waals surface area contributed by atoms with Crippen molar-refractivity contribution in [2.24, 2.45) is 5.92 Å². The Labute approximate surface area is 176 Å². The lowest BCUT2D eigenvalue weighted by molar-refractivity contribution is -0.148. The monoisotopic (exact) mass is 417 g/mol. The Morgan fingerprint density at radius 3 is 2.40 bits per heavy atom. The molecule has 1 aromatic carbocycles. The topological polar surface area (TPSA) is 110 Å². The number of carbonyl (C=O) groups is 3. The second-order valence-corrected chi connectivity index (χ2v) is 8.57. The van der Waals surface area contributed by atoms with Crippen molar-refractivity contribution in [3.63, 3.8) is 0 Å². The first-order chi connectivity index (χ1) is 14.3. The summed E-state index contributed by atoms with van der Waals surface area (Å²) in [7, 11) is 0. The summed E-state index contributed by atoms with van der Waals surface area (Å²) in [6.07, 6.45) is 1.21. The van der Waals surface area contributed by atoms with Crippen LogP contribution in [0.3, 0.4) is 0 Å². The molecule has 0 radical (unpaired) electrons. The van der Waals surface area contributed by atoms with Gasteiger partial charge in [0.25, 0.3) is 0 Å². The molecular formula is C22H31N3O5. The van der Waals surface area contributed by atoms with Gasteiger partial charge in [0.1, 0.15) is 6.04 Å². The molecule has 2 aliphatic rings. The number of piperidine rings is 2. The summed E-state index contributed by atoms with van der Waals surface area (Å²) in [5, 5.41) is 18.6.